The van der Waals surface area contributed by atoms with Crippen molar-refractivity contribution in [2.45, 2.75) is 39.3 Å². The van der Waals surface area contributed by atoms with Crippen molar-refractivity contribution >= 4 is 16.0 Å². The number of hydrogen-bond acceptors (Lipinski definition) is 3. The van der Waals surface area contributed by atoms with Crippen LogP contribution in [-0.4, -0.2) is 51.7 Å². The molecular formula is C17H30N4O2S. The highest BCUT2D eigenvalue weighted by molar-refractivity contribution is 7.88. The number of aliphatic imine (C=N–C) groups is 1. The summed E-state index contributed by atoms with van der Waals surface area (Å²) in [6, 6.07) is 8.52. The fourth-order valence-corrected chi connectivity index (χ4v) is 3.53. The molecular weight excluding hydrogens is 324 g/mol. The van der Waals surface area contributed by atoms with Gasteiger partial charge >= 0.3 is 0 Å². The van der Waals surface area contributed by atoms with Gasteiger partial charge in [-0.2, -0.15) is 0 Å². The normalized spacial score (nSPS) is 13.0. The number of aryl methyl sites for hydroxylation is 1. The summed E-state index contributed by atoms with van der Waals surface area (Å²) in [6.45, 7) is 6.96. The SMILES string of the molecule is CCc1ccc(CN(C)C(=NC)NCC(C)(C)NS(C)(=O)=O)cc1. The first-order valence-electron chi connectivity index (χ1n) is 8.05. The molecule has 0 aliphatic heterocycles. The van der Waals surface area contributed by atoms with Gasteiger partial charge in [-0.1, -0.05) is 31.2 Å². The molecule has 7 heteroatoms. The maximum absolute atomic E-state index is 11.4. The van der Waals surface area contributed by atoms with E-state index in [9.17, 15) is 8.42 Å². The molecule has 0 radical (unpaired) electrons. The second-order valence-corrected chi connectivity index (χ2v) is 8.43. The van der Waals surface area contributed by atoms with Crippen LogP contribution in [0, 0.1) is 0 Å². The molecule has 0 aliphatic carbocycles. The van der Waals surface area contributed by atoms with E-state index in [1.54, 1.807) is 7.05 Å². The lowest BCUT2D eigenvalue weighted by molar-refractivity contribution is 0.422. The van der Waals surface area contributed by atoms with Crippen molar-refractivity contribution in [2.75, 3.05) is 26.9 Å². The molecule has 0 spiro atoms. The highest BCUT2D eigenvalue weighted by Crippen LogP contribution is 2.08. The summed E-state index contributed by atoms with van der Waals surface area (Å²) in [7, 11) is 0.421. The molecule has 0 atom stereocenters. The van der Waals surface area contributed by atoms with Crippen molar-refractivity contribution in [3.05, 3.63) is 35.4 Å². The number of rotatable bonds is 7. The average molecular weight is 355 g/mol. The van der Waals surface area contributed by atoms with Gasteiger partial charge in [0.25, 0.3) is 0 Å². The van der Waals surface area contributed by atoms with Gasteiger partial charge in [0.15, 0.2) is 5.96 Å². The summed E-state index contributed by atoms with van der Waals surface area (Å²) in [4.78, 5) is 6.28. The molecule has 0 aliphatic rings. The van der Waals surface area contributed by atoms with Gasteiger partial charge < -0.3 is 10.2 Å². The Kier molecular flexibility index (Phi) is 7.23. The van der Waals surface area contributed by atoms with Crippen LogP contribution in [0.2, 0.25) is 0 Å². The molecule has 0 aromatic heterocycles. The first-order chi connectivity index (χ1) is 11.1. The second kappa shape index (κ2) is 8.48. The fourth-order valence-electron chi connectivity index (χ4n) is 2.45. The van der Waals surface area contributed by atoms with E-state index in [2.05, 4.69) is 46.2 Å². The van der Waals surface area contributed by atoms with E-state index in [1.165, 1.54) is 11.1 Å². The Morgan fingerprint density at radius 1 is 1.21 bits per heavy atom. The standard InChI is InChI=1S/C17H30N4O2S/c1-7-14-8-10-15(11-9-14)12-21(5)16(18-4)19-13-17(2,3)20-24(6,22)23/h8-11,20H,7,12-13H2,1-6H3,(H,18,19). The minimum absolute atomic E-state index is 0.436. The summed E-state index contributed by atoms with van der Waals surface area (Å²) in [6.07, 6.45) is 2.19. The lowest BCUT2D eigenvalue weighted by Crippen LogP contribution is -2.53. The molecule has 1 aromatic carbocycles. The van der Waals surface area contributed by atoms with Crippen molar-refractivity contribution in [3.8, 4) is 0 Å². The Morgan fingerprint density at radius 3 is 2.21 bits per heavy atom. The molecule has 24 heavy (non-hydrogen) atoms. The van der Waals surface area contributed by atoms with Crippen LogP contribution in [0.3, 0.4) is 0 Å². The van der Waals surface area contributed by atoms with Crippen molar-refractivity contribution < 1.29 is 8.42 Å². The Morgan fingerprint density at radius 2 is 1.75 bits per heavy atom. The van der Waals surface area contributed by atoms with Gasteiger partial charge in [0.05, 0.1) is 6.26 Å². The Balaban J connectivity index is 2.65. The third kappa shape index (κ3) is 7.31. The van der Waals surface area contributed by atoms with Crippen LogP contribution in [-0.2, 0) is 23.0 Å². The largest absolute Gasteiger partial charge is 0.354 e. The minimum Gasteiger partial charge on any atom is -0.354 e. The van der Waals surface area contributed by atoms with E-state index in [0.29, 0.717) is 6.54 Å². The van der Waals surface area contributed by atoms with Crippen molar-refractivity contribution in [2.24, 2.45) is 4.99 Å². The van der Waals surface area contributed by atoms with E-state index in [4.69, 9.17) is 0 Å². The second-order valence-electron chi connectivity index (χ2n) is 6.68. The third-order valence-electron chi connectivity index (χ3n) is 3.57. The highest BCUT2D eigenvalue weighted by Gasteiger charge is 2.22. The molecule has 0 unspecified atom stereocenters. The van der Waals surface area contributed by atoms with Gasteiger partial charge in [-0.15, -0.1) is 0 Å². The molecule has 0 heterocycles. The molecule has 0 saturated heterocycles. The summed E-state index contributed by atoms with van der Waals surface area (Å²) >= 11 is 0. The third-order valence-corrected chi connectivity index (χ3v) is 4.50. The summed E-state index contributed by atoms with van der Waals surface area (Å²) < 4.78 is 25.4. The number of guanidine groups is 1. The number of sulfonamides is 1. The minimum atomic E-state index is -3.26. The Labute approximate surface area is 146 Å². The molecule has 0 bridgehead atoms. The van der Waals surface area contributed by atoms with Crippen LogP contribution in [0.15, 0.2) is 29.3 Å². The van der Waals surface area contributed by atoms with Crippen molar-refractivity contribution in [1.29, 1.82) is 0 Å². The van der Waals surface area contributed by atoms with Crippen LogP contribution in [0.25, 0.3) is 0 Å². The van der Waals surface area contributed by atoms with Crippen LogP contribution < -0.4 is 10.0 Å². The van der Waals surface area contributed by atoms with Crippen molar-refractivity contribution in [1.82, 2.24) is 14.9 Å². The predicted molar refractivity (Wildman–Crippen MR) is 101 cm³/mol. The molecule has 1 rings (SSSR count). The van der Waals surface area contributed by atoms with Crippen LogP contribution in [0.5, 0.6) is 0 Å². The van der Waals surface area contributed by atoms with Crippen LogP contribution >= 0.6 is 0 Å². The monoisotopic (exact) mass is 354 g/mol. The number of nitrogens with zero attached hydrogens (tertiary/aromatic N) is 2. The Hall–Kier alpha value is -1.60. The molecule has 0 saturated carbocycles. The maximum atomic E-state index is 11.4. The lowest BCUT2D eigenvalue weighted by atomic mass is 10.1. The van der Waals surface area contributed by atoms with Crippen molar-refractivity contribution in [3.63, 3.8) is 0 Å². The van der Waals surface area contributed by atoms with Gasteiger partial charge in [0.1, 0.15) is 0 Å². The zero-order valence-electron chi connectivity index (χ0n) is 15.5. The average Bonchev–Trinajstić information content (AvgIpc) is 2.46. The number of nitrogens with one attached hydrogen (secondary N) is 2. The molecule has 6 nitrogen and oxygen atoms in total. The van der Waals surface area contributed by atoms with E-state index >= 15 is 0 Å². The van der Waals surface area contributed by atoms with E-state index in [0.717, 1.165) is 25.2 Å². The van der Waals surface area contributed by atoms with Gasteiger partial charge in [-0.3, -0.25) is 4.99 Å². The van der Waals surface area contributed by atoms with E-state index in [1.807, 2.05) is 25.8 Å². The number of hydrogen-bond donors (Lipinski definition) is 2. The quantitative estimate of drug-likeness (QED) is 0.576. The van der Waals surface area contributed by atoms with Gasteiger partial charge in [0, 0.05) is 32.7 Å². The zero-order chi connectivity index (χ0) is 18.4. The maximum Gasteiger partial charge on any atom is 0.209 e. The highest BCUT2D eigenvalue weighted by atomic mass is 32.2. The smallest absolute Gasteiger partial charge is 0.209 e. The van der Waals surface area contributed by atoms with Gasteiger partial charge in [-0.05, 0) is 31.4 Å². The van der Waals surface area contributed by atoms with E-state index < -0.39 is 15.6 Å². The number of benzene rings is 1. The van der Waals surface area contributed by atoms with E-state index in [-0.39, 0.29) is 0 Å². The molecule has 0 amide bonds. The van der Waals surface area contributed by atoms with Gasteiger partial charge in [0.2, 0.25) is 10.0 Å². The molecule has 1 aromatic rings. The zero-order valence-corrected chi connectivity index (χ0v) is 16.4. The first-order valence-corrected chi connectivity index (χ1v) is 9.94. The summed E-state index contributed by atoms with van der Waals surface area (Å²) in [5, 5.41) is 3.22. The van der Waals surface area contributed by atoms with Crippen LogP contribution in [0.1, 0.15) is 31.9 Å². The molecule has 0 fully saturated rings. The molecule has 2 N–H and O–H groups in total. The molecule has 136 valence electrons. The summed E-state index contributed by atoms with van der Waals surface area (Å²) in [5.41, 5.74) is 1.91. The Bertz CT molecular complexity index is 652. The first kappa shape index (κ1) is 20.4. The topological polar surface area (TPSA) is 73.8 Å². The summed E-state index contributed by atoms with van der Waals surface area (Å²) in [5.74, 6) is 0.720. The predicted octanol–water partition coefficient (Wildman–Crippen LogP) is 1.58. The lowest BCUT2D eigenvalue weighted by Gasteiger charge is -2.29. The van der Waals surface area contributed by atoms with Gasteiger partial charge in [-0.25, -0.2) is 13.1 Å². The fraction of sp³-hybridized carbons (Fsp3) is 0.588. The van der Waals surface area contributed by atoms with Crippen LogP contribution in [0.4, 0.5) is 0 Å².